The number of rotatable bonds is 6. The first-order valence-corrected chi connectivity index (χ1v) is 21.5. The van der Waals surface area contributed by atoms with Crippen molar-refractivity contribution in [3.63, 3.8) is 0 Å². The van der Waals surface area contributed by atoms with Gasteiger partial charge in [0.25, 0.3) is 0 Å². The first-order valence-electron chi connectivity index (χ1n) is 15.3. The van der Waals surface area contributed by atoms with Crippen molar-refractivity contribution in [2.45, 2.75) is 13.1 Å². The number of aromatic nitrogens is 4. The van der Waals surface area contributed by atoms with Crippen LogP contribution < -0.4 is 0 Å². The van der Waals surface area contributed by atoms with E-state index in [9.17, 15) is 0 Å². The fourth-order valence-corrected chi connectivity index (χ4v) is 13.6. The highest BCUT2D eigenvalue weighted by Gasteiger charge is 2.45. The van der Waals surface area contributed by atoms with E-state index in [1.807, 2.05) is 0 Å². The molecule has 1 aliphatic rings. The Kier molecular flexibility index (Phi) is 6.99. The molecule has 1 aliphatic heterocycles. The lowest BCUT2D eigenvalue weighted by atomic mass is 9.88. The lowest BCUT2D eigenvalue weighted by Gasteiger charge is -2.27. The lowest BCUT2D eigenvalue weighted by molar-refractivity contribution is 1.57. The Balaban J connectivity index is 1.38. The molecule has 226 valence electrons. The van der Waals surface area contributed by atoms with Crippen molar-refractivity contribution in [1.29, 1.82) is 0 Å². The minimum atomic E-state index is -2.48. The molecule has 0 fully saturated rings. The van der Waals surface area contributed by atoms with E-state index in [4.69, 9.17) is 17.5 Å². The molecular weight excluding hydrogens is 669 g/mol. The van der Waals surface area contributed by atoms with Gasteiger partial charge in [-0.25, -0.2) is 0 Å². The van der Waals surface area contributed by atoms with Crippen molar-refractivity contribution in [3.8, 4) is 20.9 Å². The van der Waals surface area contributed by atoms with Crippen LogP contribution in [0.1, 0.15) is 22.3 Å². The van der Waals surface area contributed by atoms with Gasteiger partial charge < -0.3 is 0 Å². The summed E-state index contributed by atoms with van der Waals surface area (Å²) in [5, 5.41) is 7.01. The molecule has 0 N–H and O–H groups in total. The number of benzene rings is 4. The Morgan fingerprint density at radius 3 is 1.19 bits per heavy atom. The third-order valence-corrected chi connectivity index (χ3v) is 15.5. The highest BCUT2D eigenvalue weighted by molar-refractivity contribution is 7.14. The number of allylic oxidation sites excluding steroid dienone is 2. The summed E-state index contributed by atoms with van der Waals surface area (Å²) in [6.45, 7) is 4.99. The zero-order valence-electron chi connectivity index (χ0n) is 25.5. The average Bonchev–Trinajstić information content (AvgIpc) is 3.94. The van der Waals surface area contributed by atoms with Crippen LogP contribution in [0.3, 0.4) is 0 Å². The van der Waals surface area contributed by atoms with Crippen LogP contribution in [-0.4, -0.2) is 25.6 Å². The van der Waals surface area contributed by atoms with E-state index in [-0.39, 0.29) is 0 Å². The fraction of sp³-hybridized carbons (Fsp3) is 0.0526. The van der Waals surface area contributed by atoms with Crippen LogP contribution in [0.5, 0.6) is 0 Å². The molecule has 5 heterocycles. The highest BCUT2D eigenvalue weighted by atomic mass is 32.1. The monoisotopic (exact) mass is 694 g/mol. The number of nitrogens with zero attached hydrogens (tertiary/aromatic N) is 4. The summed E-state index contributed by atoms with van der Waals surface area (Å²) >= 11 is 6.08. The summed E-state index contributed by atoms with van der Waals surface area (Å²) in [6.07, 6.45) is 0. The molecule has 0 spiro atoms. The van der Waals surface area contributed by atoms with E-state index in [1.54, 1.807) is 22.7 Å². The Hall–Kier alpha value is -4.38. The second-order valence-electron chi connectivity index (χ2n) is 12.1. The molecular formula is C38H26N4S4Si. The number of thiophene rings is 2. The summed E-state index contributed by atoms with van der Waals surface area (Å²) in [6, 6.07) is 39.4. The van der Waals surface area contributed by atoms with Gasteiger partial charge in [0.05, 0.1) is 23.5 Å². The molecule has 0 atom stereocenters. The molecule has 4 nitrogen and oxygen atoms in total. The van der Waals surface area contributed by atoms with Gasteiger partial charge in [0.15, 0.2) is 0 Å². The highest BCUT2D eigenvalue weighted by Crippen LogP contribution is 2.57. The van der Waals surface area contributed by atoms with Gasteiger partial charge in [0.2, 0.25) is 0 Å². The summed E-state index contributed by atoms with van der Waals surface area (Å²) < 4.78 is 19.7. The molecule has 0 aliphatic carbocycles. The zero-order valence-corrected chi connectivity index (χ0v) is 29.7. The van der Waals surface area contributed by atoms with E-state index >= 15 is 0 Å². The first-order chi connectivity index (χ1) is 23.1. The van der Waals surface area contributed by atoms with E-state index < -0.39 is 8.07 Å². The van der Waals surface area contributed by atoms with Crippen molar-refractivity contribution in [1.82, 2.24) is 17.5 Å². The van der Waals surface area contributed by atoms with Gasteiger partial charge in [0, 0.05) is 32.0 Å². The van der Waals surface area contributed by atoms with Crippen LogP contribution in [0.4, 0.5) is 0 Å². The third kappa shape index (κ3) is 4.57. The molecule has 9 heteroatoms. The number of hydrogen-bond acceptors (Lipinski definition) is 8. The Morgan fingerprint density at radius 1 is 0.426 bits per heavy atom. The molecule has 9 rings (SSSR count). The molecule has 0 saturated heterocycles. The van der Waals surface area contributed by atoms with Crippen molar-refractivity contribution < 1.29 is 0 Å². The predicted octanol–water partition coefficient (Wildman–Crippen LogP) is 11.5. The maximum atomic E-state index is 4.99. The van der Waals surface area contributed by atoms with Crippen LogP contribution >= 0.6 is 46.1 Å². The van der Waals surface area contributed by atoms with Crippen LogP contribution in [0, 0.1) is 0 Å². The normalized spacial score (nSPS) is 14.6. The van der Waals surface area contributed by atoms with Crippen molar-refractivity contribution in [3.05, 3.63) is 142 Å². The Bertz CT molecular complexity index is 2300. The van der Waals surface area contributed by atoms with Crippen LogP contribution in [-0.2, 0) is 0 Å². The second kappa shape index (κ2) is 11.4. The molecule has 0 bridgehead atoms. The van der Waals surface area contributed by atoms with Gasteiger partial charge in [-0.15, -0.1) is 22.7 Å². The summed E-state index contributed by atoms with van der Waals surface area (Å²) in [5.74, 6) is 0. The van der Waals surface area contributed by atoms with Crippen LogP contribution in [0.2, 0.25) is 13.1 Å². The molecule has 0 unspecified atom stereocenters. The largest absolute Gasteiger partial charge is 0.172 e. The van der Waals surface area contributed by atoms with Crippen molar-refractivity contribution >= 4 is 97.8 Å². The third-order valence-electron chi connectivity index (χ3n) is 9.07. The van der Waals surface area contributed by atoms with Gasteiger partial charge in [0.1, 0.15) is 30.1 Å². The molecule has 4 aromatic heterocycles. The predicted molar refractivity (Wildman–Crippen MR) is 205 cm³/mol. The summed E-state index contributed by atoms with van der Waals surface area (Å²) in [5.41, 5.74) is 13.5. The summed E-state index contributed by atoms with van der Waals surface area (Å²) in [4.78, 5) is 2.42. The summed E-state index contributed by atoms with van der Waals surface area (Å²) in [7, 11) is -2.48. The van der Waals surface area contributed by atoms with Crippen LogP contribution in [0.25, 0.3) is 64.5 Å². The average molecular weight is 695 g/mol. The van der Waals surface area contributed by atoms with Gasteiger partial charge in [-0.3, -0.25) is 0 Å². The van der Waals surface area contributed by atoms with E-state index in [0.717, 1.165) is 33.2 Å². The van der Waals surface area contributed by atoms with Gasteiger partial charge in [-0.1, -0.05) is 110 Å². The number of hydrogen-bond donors (Lipinski definition) is 0. The zero-order chi connectivity index (χ0) is 31.5. The molecule has 47 heavy (non-hydrogen) atoms. The Labute approximate surface area is 289 Å². The van der Waals surface area contributed by atoms with Gasteiger partial charge in [-0.05, 0) is 55.6 Å². The van der Waals surface area contributed by atoms with E-state index in [2.05, 4.69) is 133 Å². The van der Waals surface area contributed by atoms with E-state index in [1.165, 1.54) is 77.0 Å². The maximum Gasteiger partial charge on any atom is 0.115 e. The molecule has 8 aromatic rings. The molecule has 0 saturated carbocycles. The molecule has 0 radical (unpaired) electrons. The Morgan fingerprint density at radius 2 is 0.809 bits per heavy atom. The SMILES string of the molecule is C[Si]1(C)C(c2ccc(-c3cccs3)c3nsnc23)=C(c2ccccc2)C(c2ccccc2)=C1c1ccc(-c2cccs2)c2nsnc12. The number of fused-ring (bicyclic) bond motifs is 2. The molecule has 4 aromatic carbocycles. The minimum Gasteiger partial charge on any atom is -0.172 e. The minimum absolute atomic E-state index is 0.973. The standard InChI is InChI=1S/C38H26N4S4Si/c1-47(2)37(27-19-17-25(29-15-9-21-43-29)33-35(27)41-45-39-33)31(23-11-5-3-6-12-23)32(24-13-7-4-8-14-24)38(47)28-20-18-26(30-16-10-22-44-30)34-36(28)42-46-40-34/h3-22H,1-2H3. The fourth-order valence-electron chi connectivity index (χ4n) is 7.13. The quantitative estimate of drug-likeness (QED) is 0.163. The van der Waals surface area contributed by atoms with Crippen molar-refractivity contribution in [2.24, 2.45) is 0 Å². The molecule has 0 amide bonds. The lowest BCUT2D eigenvalue weighted by Crippen LogP contribution is -2.29. The first kappa shape index (κ1) is 28.8. The topological polar surface area (TPSA) is 51.6 Å². The van der Waals surface area contributed by atoms with Crippen LogP contribution in [0.15, 0.2) is 120 Å². The van der Waals surface area contributed by atoms with Gasteiger partial charge >= 0.3 is 0 Å². The second-order valence-corrected chi connectivity index (χ2v) is 19.3. The van der Waals surface area contributed by atoms with E-state index in [0.29, 0.717) is 0 Å². The maximum absolute atomic E-state index is 4.99. The van der Waals surface area contributed by atoms with Gasteiger partial charge in [-0.2, -0.15) is 17.5 Å². The van der Waals surface area contributed by atoms with Crippen molar-refractivity contribution in [2.75, 3.05) is 0 Å². The smallest absolute Gasteiger partial charge is 0.115 e.